The molecule has 0 amide bonds. The monoisotopic (exact) mass is 184 g/mol. The van der Waals surface area contributed by atoms with Gasteiger partial charge in [0.15, 0.2) is 0 Å². The summed E-state index contributed by atoms with van der Waals surface area (Å²) in [5.41, 5.74) is 6.03. The van der Waals surface area contributed by atoms with Gasteiger partial charge in [-0.2, -0.15) is 0 Å². The van der Waals surface area contributed by atoms with E-state index in [-0.39, 0.29) is 0 Å². The van der Waals surface area contributed by atoms with Crippen molar-refractivity contribution >= 4 is 17.1 Å². The van der Waals surface area contributed by atoms with Crippen LogP contribution in [0.25, 0.3) is 17.1 Å². The molecule has 2 rings (SSSR count). The van der Waals surface area contributed by atoms with E-state index < -0.39 is 0 Å². The molecule has 0 radical (unpaired) electrons. The van der Waals surface area contributed by atoms with Gasteiger partial charge in [-0.05, 0) is 30.7 Å². The Kier molecular flexibility index (Phi) is 1.99. The number of hydrogen-bond acceptors (Lipinski definition) is 1. The van der Waals surface area contributed by atoms with Crippen molar-refractivity contribution in [1.82, 2.24) is 9.55 Å². The van der Waals surface area contributed by atoms with Crippen LogP contribution in [-0.4, -0.2) is 9.55 Å². The van der Waals surface area contributed by atoms with Crippen LogP contribution >= 0.6 is 0 Å². The van der Waals surface area contributed by atoms with Crippen molar-refractivity contribution < 1.29 is 0 Å². The summed E-state index contributed by atoms with van der Waals surface area (Å²) in [6.07, 6.45) is 1.85. The van der Waals surface area contributed by atoms with Crippen molar-refractivity contribution in [2.75, 3.05) is 0 Å². The fraction of sp³-hybridized carbons (Fsp3) is 0.167. The molecule has 1 heterocycles. The molecule has 1 aromatic carbocycles. The number of nitrogens with zero attached hydrogens (tertiary/aromatic N) is 2. The number of hydrogen-bond donors (Lipinski definition) is 0. The van der Waals surface area contributed by atoms with Gasteiger partial charge in [0.2, 0.25) is 0 Å². The normalized spacial score (nSPS) is 10.1. The lowest BCUT2D eigenvalue weighted by Crippen LogP contribution is -1.89. The summed E-state index contributed by atoms with van der Waals surface area (Å²) < 4.78 is 2.08. The first-order chi connectivity index (χ1) is 6.72. The van der Waals surface area contributed by atoms with Crippen LogP contribution in [0.3, 0.4) is 0 Å². The van der Waals surface area contributed by atoms with Gasteiger partial charge in [-0.3, -0.25) is 0 Å². The SMILES string of the molecule is C=C=Cc1ccc2c(c1)nc(C)n2C. The molecule has 0 unspecified atom stereocenters. The molecule has 0 atom stereocenters. The van der Waals surface area contributed by atoms with E-state index >= 15 is 0 Å². The van der Waals surface area contributed by atoms with Gasteiger partial charge >= 0.3 is 0 Å². The second-order valence-corrected chi connectivity index (χ2v) is 3.31. The molecule has 1 aromatic heterocycles. The zero-order valence-corrected chi connectivity index (χ0v) is 8.41. The third-order valence-electron chi connectivity index (χ3n) is 2.40. The predicted molar refractivity (Wildman–Crippen MR) is 59.1 cm³/mol. The van der Waals surface area contributed by atoms with Crippen molar-refractivity contribution in [2.24, 2.45) is 7.05 Å². The van der Waals surface area contributed by atoms with E-state index in [4.69, 9.17) is 0 Å². The van der Waals surface area contributed by atoms with E-state index in [0.29, 0.717) is 0 Å². The van der Waals surface area contributed by atoms with Crippen molar-refractivity contribution in [2.45, 2.75) is 6.92 Å². The lowest BCUT2D eigenvalue weighted by Gasteiger charge is -1.96. The molecule has 0 spiro atoms. The molecule has 0 saturated heterocycles. The Balaban J connectivity index is 2.73. The highest BCUT2D eigenvalue weighted by Crippen LogP contribution is 2.16. The average Bonchev–Trinajstić information content (AvgIpc) is 2.43. The third-order valence-corrected chi connectivity index (χ3v) is 2.40. The molecule has 0 aliphatic heterocycles. The van der Waals surface area contributed by atoms with Crippen molar-refractivity contribution in [3.8, 4) is 0 Å². The first kappa shape index (κ1) is 8.79. The largest absolute Gasteiger partial charge is 0.331 e. The summed E-state index contributed by atoms with van der Waals surface area (Å²) in [5.74, 6) is 1.03. The second kappa shape index (κ2) is 3.17. The van der Waals surface area contributed by atoms with Crippen LogP contribution in [0.2, 0.25) is 0 Å². The maximum atomic E-state index is 4.45. The molecule has 0 bridgehead atoms. The maximum absolute atomic E-state index is 4.45. The summed E-state index contributed by atoms with van der Waals surface area (Å²) in [7, 11) is 2.02. The highest BCUT2D eigenvalue weighted by molar-refractivity contribution is 5.78. The van der Waals surface area contributed by atoms with Crippen molar-refractivity contribution in [3.05, 3.63) is 41.9 Å². The molecule has 0 saturated carbocycles. The van der Waals surface area contributed by atoms with Crippen LogP contribution in [0, 0.1) is 6.92 Å². The molecule has 70 valence electrons. The van der Waals surface area contributed by atoms with Gasteiger partial charge in [0.05, 0.1) is 11.0 Å². The van der Waals surface area contributed by atoms with Crippen LogP contribution in [0.5, 0.6) is 0 Å². The fourth-order valence-electron chi connectivity index (χ4n) is 1.54. The molecule has 0 fully saturated rings. The first-order valence-electron chi connectivity index (χ1n) is 4.51. The summed E-state index contributed by atoms with van der Waals surface area (Å²) in [6, 6.07) is 6.15. The second-order valence-electron chi connectivity index (χ2n) is 3.31. The molecule has 2 heteroatoms. The Morgan fingerprint density at radius 2 is 2.29 bits per heavy atom. The highest BCUT2D eigenvalue weighted by atomic mass is 15.0. The quantitative estimate of drug-likeness (QED) is 0.623. The Morgan fingerprint density at radius 3 is 3.00 bits per heavy atom. The van der Waals surface area contributed by atoms with Gasteiger partial charge in [-0.25, -0.2) is 4.98 Å². The van der Waals surface area contributed by atoms with E-state index in [1.165, 1.54) is 0 Å². The number of benzene rings is 1. The molecule has 0 N–H and O–H groups in total. The summed E-state index contributed by atoms with van der Waals surface area (Å²) in [5, 5.41) is 0. The van der Waals surface area contributed by atoms with Gasteiger partial charge < -0.3 is 4.57 Å². The number of fused-ring (bicyclic) bond motifs is 1. The zero-order valence-electron chi connectivity index (χ0n) is 8.41. The minimum atomic E-state index is 1.02. The van der Waals surface area contributed by atoms with Crippen LogP contribution in [-0.2, 0) is 7.05 Å². The van der Waals surface area contributed by atoms with E-state index in [2.05, 4.69) is 27.9 Å². The number of imidazole rings is 1. The third kappa shape index (κ3) is 1.26. The summed E-state index contributed by atoms with van der Waals surface area (Å²) >= 11 is 0. The molecular formula is C12H12N2. The van der Waals surface area contributed by atoms with Crippen LogP contribution in [0.1, 0.15) is 11.4 Å². The Morgan fingerprint density at radius 1 is 1.50 bits per heavy atom. The molecule has 0 aliphatic carbocycles. The molecule has 2 aromatic rings. The van der Waals surface area contributed by atoms with Crippen LogP contribution in [0.4, 0.5) is 0 Å². The Hall–Kier alpha value is -1.79. The van der Waals surface area contributed by atoms with Gasteiger partial charge in [0, 0.05) is 7.05 Å². The summed E-state index contributed by atoms with van der Waals surface area (Å²) in [4.78, 5) is 4.45. The van der Waals surface area contributed by atoms with E-state index in [9.17, 15) is 0 Å². The van der Waals surface area contributed by atoms with Gasteiger partial charge in [0.25, 0.3) is 0 Å². The smallest absolute Gasteiger partial charge is 0.106 e. The van der Waals surface area contributed by atoms with Gasteiger partial charge in [-0.1, -0.05) is 12.6 Å². The van der Waals surface area contributed by atoms with E-state index in [1.54, 1.807) is 0 Å². The number of aromatic nitrogens is 2. The maximum Gasteiger partial charge on any atom is 0.106 e. The molecule has 0 aliphatic rings. The van der Waals surface area contributed by atoms with E-state index in [0.717, 1.165) is 22.4 Å². The van der Waals surface area contributed by atoms with Crippen LogP contribution in [0.15, 0.2) is 30.5 Å². The van der Waals surface area contributed by atoms with Gasteiger partial charge in [-0.15, -0.1) is 5.73 Å². The Bertz CT molecular complexity index is 528. The lowest BCUT2D eigenvalue weighted by molar-refractivity contribution is 0.886. The molecule has 14 heavy (non-hydrogen) atoms. The van der Waals surface area contributed by atoms with E-state index in [1.807, 2.05) is 32.2 Å². The summed E-state index contributed by atoms with van der Waals surface area (Å²) in [6.45, 7) is 5.56. The van der Waals surface area contributed by atoms with Crippen molar-refractivity contribution in [3.63, 3.8) is 0 Å². The van der Waals surface area contributed by atoms with Crippen LogP contribution < -0.4 is 0 Å². The lowest BCUT2D eigenvalue weighted by atomic mass is 10.2. The molecule has 2 nitrogen and oxygen atoms in total. The standard InChI is InChI=1S/C12H12N2/c1-4-5-10-6-7-12-11(8-10)13-9(2)14(12)3/h5-8H,1H2,2-3H3. The average molecular weight is 184 g/mol. The first-order valence-corrected chi connectivity index (χ1v) is 4.51. The predicted octanol–water partition coefficient (Wildman–Crippen LogP) is 2.68. The number of aryl methyl sites for hydroxylation is 2. The highest BCUT2D eigenvalue weighted by Gasteiger charge is 2.02. The van der Waals surface area contributed by atoms with Crippen molar-refractivity contribution in [1.29, 1.82) is 0 Å². The fourth-order valence-corrected chi connectivity index (χ4v) is 1.54. The minimum absolute atomic E-state index is 1.02. The Labute approximate surface area is 83.2 Å². The topological polar surface area (TPSA) is 17.8 Å². The zero-order chi connectivity index (χ0) is 10.1. The van der Waals surface area contributed by atoms with Gasteiger partial charge in [0.1, 0.15) is 5.82 Å². The minimum Gasteiger partial charge on any atom is -0.331 e. The molecular weight excluding hydrogens is 172 g/mol. The number of rotatable bonds is 1.